The highest BCUT2D eigenvalue weighted by molar-refractivity contribution is 7.18. The van der Waals surface area contributed by atoms with Crippen LogP contribution in [-0.4, -0.2) is 33.0 Å². The van der Waals surface area contributed by atoms with Crippen molar-refractivity contribution in [2.45, 2.75) is 32.2 Å². The van der Waals surface area contributed by atoms with Crippen molar-refractivity contribution in [2.24, 2.45) is 5.73 Å². The molecule has 0 fully saturated rings. The molecule has 4 rings (SSSR count). The van der Waals surface area contributed by atoms with Gasteiger partial charge in [-0.05, 0) is 49.9 Å². The van der Waals surface area contributed by atoms with Crippen molar-refractivity contribution >= 4 is 27.4 Å². The van der Waals surface area contributed by atoms with Crippen LogP contribution >= 0.6 is 11.3 Å². The van der Waals surface area contributed by atoms with Gasteiger partial charge in [-0.15, -0.1) is 10.2 Å². The van der Waals surface area contributed by atoms with Crippen LogP contribution < -0.4 is 11.1 Å². The number of nitrogens with zero attached hydrogens (tertiary/aromatic N) is 3. The molecule has 4 N–H and O–H groups in total. The van der Waals surface area contributed by atoms with Crippen LogP contribution in [0.3, 0.4) is 0 Å². The van der Waals surface area contributed by atoms with Crippen LogP contribution in [0.1, 0.15) is 24.1 Å². The van der Waals surface area contributed by atoms with Gasteiger partial charge in [-0.3, -0.25) is 5.10 Å². The summed E-state index contributed by atoms with van der Waals surface area (Å²) in [6, 6.07) is 16.8. The number of fused-ring (bicyclic) bond motifs is 1. The van der Waals surface area contributed by atoms with Gasteiger partial charge in [0.25, 0.3) is 0 Å². The smallest absolute Gasteiger partial charge is 0.206 e. The Morgan fingerprint density at radius 2 is 2.00 bits per heavy atom. The Bertz CT molecular complexity index is 1040. The quantitative estimate of drug-likeness (QED) is 0.419. The lowest BCUT2D eigenvalue weighted by Crippen LogP contribution is -2.29. The van der Waals surface area contributed by atoms with Crippen LogP contribution in [0.5, 0.6) is 0 Å². The third-order valence-corrected chi connectivity index (χ3v) is 5.75. The number of aromatic amines is 1. The highest BCUT2D eigenvalue weighted by atomic mass is 32.1. The monoisotopic (exact) mass is 392 g/mol. The zero-order valence-corrected chi connectivity index (χ0v) is 16.7. The number of aromatic nitrogens is 4. The number of aryl methyl sites for hydroxylation is 2. The predicted molar refractivity (Wildman–Crippen MR) is 116 cm³/mol. The lowest BCUT2D eigenvalue weighted by atomic mass is 10.1. The second-order valence-corrected chi connectivity index (χ2v) is 7.99. The first-order valence-electron chi connectivity index (χ1n) is 9.51. The first-order valence-corrected chi connectivity index (χ1v) is 10.3. The molecular formula is C21H24N6S. The van der Waals surface area contributed by atoms with Crippen molar-refractivity contribution in [3.8, 4) is 10.6 Å². The highest BCUT2D eigenvalue weighted by Crippen LogP contribution is 2.29. The van der Waals surface area contributed by atoms with E-state index in [1.165, 1.54) is 5.56 Å². The molecule has 0 saturated heterocycles. The van der Waals surface area contributed by atoms with Crippen molar-refractivity contribution < 1.29 is 0 Å². The standard InChI is InChI=1S/C21H24N6S/c1-14-18-12-16(10-11-19(18)25-24-14)20-26-27-21(28-20)23-13-17(22)9-5-8-15-6-3-2-4-7-15/h2-4,6-7,10-12,17H,5,8-9,13,22H2,1H3,(H,23,27)(H,24,25). The van der Waals surface area contributed by atoms with Crippen LogP contribution in [0, 0.1) is 6.92 Å². The number of nitrogens with one attached hydrogen (secondary N) is 2. The predicted octanol–water partition coefficient (Wildman–Crippen LogP) is 4.15. The molecule has 2 heterocycles. The van der Waals surface area contributed by atoms with E-state index in [2.05, 4.69) is 56.0 Å². The number of benzene rings is 2. The normalized spacial score (nSPS) is 12.4. The van der Waals surface area contributed by atoms with Crippen molar-refractivity contribution in [2.75, 3.05) is 11.9 Å². The molecule has 7 heteroatoms. The Morgan fingerprint density at radius 1 is 1.14 bits per heavy atom. The van der Waals surface area contributed by atoms with Crippen LogP contribution in [0.2, 0.25) is 0 Å². The molecule has 6 nitrogen and oxygen atoms in total. The fourth-order valence-electron chi connectivity index (χ4n) is 3.22. The average molecular weight is 393 g/mol. The molecule has 0 aliphatic carbocycles. The van der Waals surface area contributed by atoms with E-state index in [0.717, 1.165) is 51.6 Å². The molecule has 0 spiro atoms. The zero-order chi connectivity index (χ0) is 19.3. The van der Waals surface area contributed by atoms with Gasteiger partial charge in [0, 0.05) is 29.2 Å². The summed E-state index contributed by atoms with van der Waals surface area (Å²) in [7, 11) is 0. The summed E-state index contributed by atoms with van der Waals surface area (Å²) in [5, 5.41) is 22.0. The van der Waals surface area contributed by atoms with E-state index in [9.17, 15) is 0 Å². The Morgan fingerprint density at radius 3 is 2.86 bits per heavy atom. The molecule has 0 radical (unpaired) electrons. The maximum absolute atomic E-state index is 6.25. The topological polar surface area (TPSA) is 92.5 Å². The molecule has 2 aromatic heterocycles. The number of nitrogens with two attached hydrogens (primary N) is 1. The maximum atomic E-state index is 6.25. The van der Waals surface area contributed by atoms with Gasteiger partial charge >= 0.3 is 0 Å². The summed E-state index contributed by atoms with van der Waals surface area (Å²) >= 11 is 1.55. The summed E-state index contributed by atoms with van der Waals surface area (Å²) in [5.74, 6) is 0. The lowest BCUT2D eigenvalue weighted by molar-refractivity contribution is 0.603. The van der Waals surface area contributed by atoms with Gasteiger partial charge in [0.05, 0.1) is 5.52 Å². The molecule has 1 unspecified atom stereocenters. The first-order chi connectivity index (χ1) is 13.7. The Labute approximate surface area is 168 Å². The van der Waals surface area contributed by atoms with Gasteiger partial charge in [-0.1, -0.05) is 41.7 Å². The summed E-state index contributed by atoms with van der Waals surface area (Å²) in [5.41, 5.74) is 10.7. The fourth-order valence-corrected chi connectivity index (χ4v) is 3.96. The summed E-state index contributed by atoms with van der Waals surface area (Å²) in [6.45, 7) is 2.72. The lowest BCUT2D eigenvalue weighted by Gasteiger charge is -2.11. The molecule has 0 amide bonds. The zero-order valence-electron chi connectivity index (χ0n) is 15.9. The van der Waals surface area contributed by atoms with Crippen LogP contribution in [0.15, 0.2) is 48.5 Å². The van der Waals surface area contributed by atoms with Crippen molar-refractivity contribution in [1.82, 2.24) is 20.4 Å². The van der Waals surface area contributed by atoms with Gasteiger partial charge < -0.3 is 11.1 Å². The van der Waals surface area contributed by atoms with E-state index in [4.69, 9.17) is 5.73 Å². The van der Waals surface area contributed by atoms with Crippen molar-refractivity contribution in [1.29, 1.82) is 0 Å². The second-order valence-electron chi connectivity index (χ2n) is 7.01. The molecule has 28 heavy (non-hydrogen) atoms. The molecule has 0 aliphatic rings. The molecule has 0 bridgehead atoms. The van der Waals surface area contributed by atoms with Gasteiger partial charge in [0.2, 0.25) is 5.13 Å². The second kappa shape index (κ2) is 8.50. The van der Waals surface area contributed by atoms with E-state index < -0.39 is 0 Å². The van der Waals surface area contributed by atoms with Crippen molar-refractivity contribution in [3.05, 3.63) is 59.8 Å². The maximum Gasteiger partial charge on any atom is 0.206 e. The average Bonchev–Trinajstić information content (AvgIpc) is 3.34. The van der Waals surface area contributed by atoms with Crippen LogP contribution in [0.25, 0.3) is 21.5 Å². The van der Waals surface area contributed by atoms with Crippen LogP contribution in [-0.2, 0) is 6.42 Å². The van der Waals surface area contributed by atoms with Gasteiger partial charge in [0.1, 0.15) is 5.01 Å². The molecule has 1 atom stereocenters. The third-order valence-electron chi connectivity index (χ3n) is 4.82. The Hall–Kier alpha value is -2.77. The van der Waals surface area contributed by atoms with E-state index in [1.54, 1.807) is 11.3 Å². The highest BCUT2D eigenvalue weighted by Gasteiger charge is 2.10. The van der Waals surface area contributed by atoms with Gasteiger partial charge in [-0.2, -0.15) is 5.10 Å². The van der Waals surface area contributed by atoms with E-state index in [0.29, 0.717) is 6.54 Å². The Kier molecular flexibility index (Phi) is 5.64. The number of rotatable bonds is 8. The number of hydrogen-bond acceptors (Lipinski definition) is 6. The summed E-state index contributed by atoms with van der Waals surface area (Å²) < 4.78 is 0. The molecule has 2 aromatic carbocycles. The fraction of sp³-hybridized carbons (Fsp3) is 0.286. The van der Waals surface area contributed by atoms with E-state index in [-0.39, 0.29) is 6.04 Å². The third kappa shape index (κ3) is 4.37. The number of anilines is 1. The van der Waals surface area contributed by atoms with Crippen LogP contribution in [0.4, 0.5) is 5.13 Å². The summed E-state index contributed by atoms with van der Waals surface area (Å²) in [4.78, 5) is 0. The summed E-state index contributed by atoms with van der Waals surface area (Å²) in [6.07, 6.45) is 3.12. The minimum atomic E-state index is 0.0981. The molecule has 0 saturated carbocycles. The van der Waals surface area contributed by atoms with E-state index >= 15 is 0 Å². The Balaban J connectivity index is 1.29. The molecular weight excluding hydrogens is 368 g/mol. The number of hydrogen-bond donors (Lipinski definition) is 3. The molecule has 144 valence electrons. The van der Waals surface area contributed by atoms with E-state index in [1.807, 2.05) is 25.1 Å². The largest absolute Gasteiger partial charge is 0.359 e. The molecule has 4 aromatic rings. The first kappa shape index (κ1) is 18.6. The van der Waals surface area contributed by atoms with Gasteiger partial charge in [-0.25, -0.2) is 0 Å². The number of H-pyrrole nitrogens is 1. The minimum absolute atomic E-state index is 0.0981. The molecule has 0 aliphatic heterocycles. The van der Waals surface area contributed by atoms with Crippen molar-refractivity contribution in [3.63, 3.8) is 0 Å². The SMILES string of the molecule is Cc1[nH]nc2ccc(-c3nnc(NCC(N)CCCc4ccccc4)s3)cc12. The minimum Gasteiger partial charge on any atom is -0.359 e. The van der Waals surface area contributed by atoms with Gasteiger partial charge in [0.15, 0.2) is 0 Å².